The highest BCUT2D eigenvalue weighted by molar-refractivity contribution is 5.99. The summed E-state index contributed by atoms with van der Waals surface area (Å²) in [4.78, 5) is 23.8. The average Bonchev–Trinajstić information content (AvgIpc) is 2.27. The van der Waals surface area contributed by atoms with Crippen molar-refractivity contribution in [1.29, 1.82) is 0 Å². The van der Waals surface area contributed by atoms with Crippen LogP contribution < -0.4 is 0 Å². The predicted octanol–water partition coefficient (Wildman–Crippen LogP) is 3.39. The van der Waals surface area contributed by atoms with Crippen molar-refractivity contribution >= 4 is 11.9 Å². The summed E-state index contributed by atoms with van der Waals surface area (Å²) in [5.74, 6) is -1.04. The first-order chi connectivity index (χ1) is 8.71. The number of carboxylic acid groups (broad SMARTS) is 1. The van der Waals surface area contributed by atoms with Crippen LogP contribution in [0, 0.1) is 11.3 Å². The number of hydrogen-bond acceptors (Lipinski definition) is 3. The van der Waals surface area contributed by atoms with Crippen molar-refractivity contribution in [3.8, 4) is 0 Å². The summed E-state index contributed by atoms with van der Waals surface area (Å²) in [6.45, 7) is 7.43. The fourth-order valence-electron chi connectivity index (χ4n) is 2.75. The van der Waals surface area contributed by atoms with Crippen LogP contribution in [0.25, 0.3) is 0 Å². The molecule has 19 heavy (non-hydrogen) atoms. The molecule has 0 radical (unpaired) electrons. The number of rotatable bonds is 4. The number of carboxylic acids is 1. The van der Waals surface area contributed by atoms with Crippen molar-refractivity contribution in [3.63, 3.8) is 0 Å². The second-order valence-corrected chi connectivity index (χ2v) is 6.62. The molecule has 1 aliphatic carbocycles. The second-order valence-electron chi connectivity index (χ2n) is 6.62. The molecule has 1 rings (SSSR count). The highest BCUT2D eigenvalue weighted by atomic mass is 16.6. The third-order valence-electron chi connectivity index (χ3n) is 3.85. The summed E-state index contributed by atoms with van der Waals surface area (Å²) in [5, 5.41) is 9.47. The average molecular weight is 270 g/mol. The normalized spacial score (nSPS) is 27.9. The molecule has 0 unspecified atom stereocenters. The molecular weight excluding hydrogens is 244 g/mol. The van der Waals surface area contributed by atoms with Crippen molar-refractivity contribution in [1.82, 2.24) is 0 Å². The van der Waals surface area contributed by atoms with Crippen molar-refractivity contribution in [2.24, 2.45) is 11.3 Å². The number of carbonyl (C=O) groups is 2. The molecule has 0 amide bonds. The van der Waals surface area contributed by atoms with Gasteiger partial charge < -0.3 is 9.84 Å². The maximum atomic E-state index is 12.2. The van der Waals surface area contributed by atoms with E-state index in [2.05, 4.69) is 6.92 Å². The maximum absolute atomic E-state index is 12.2. The summed E-state index contributed by atoms with van der Waals surface area (Å²) in [5.41, 5.74) is -1.96. The first-order valence-corrected chi connectivity index (χ1v) is 7.18. The van der Waals surface area contributed by atoms with Gasteiger partial charge in [-0.15, -0.1) is 0 Å². The van der Waals surface area contributed by atoms with Crippen LogP contribution in [0.1, 0.15) is 66.2 Å². The van der Waals surface area contributed by atoms with Crippen LogP contribution in [0.5, 0.6) is 0 Å². The Hall–Kier alpha value is -1.06. The molecule has 1 saturated carbocycles. The Morgan fingerprint density at radius 1 is 1.26 bits per heavy atom. The van der Waals surface area contributed by atoms with E-state index in [0.717, 1.165) is 25.7 Å². The van der Waals surface area contributed by atoms with E-state index in [0.29, 0.717) is 18.8 Å². The van der Waals surface area contributed by atoms with Crippen LogP contribution in [0.3, 0.4) is 0 Å². The Labute approximate surface area is 115 Å². The zero-order chi connectivity index (χ0) is 14.7. The minimum absolute atomic E-state index is 0.405. The van der Waals surface area contributed by atoms with Gasteiger partial charge in [0.25, 0.3) is 0 Å². The zero-order valence-corrected chi connectivity index (χ0v) is 12.5. The van der Waals surface area contributed by atoms with E-state index in [1.807, 2.05) is 0 Å². The Kier molecular flexibility index (Phi) is 4.99. The molecule has 0 aromatic carbocycles. The van der Waals surface area contributed by atoms with Crippen LogP contribution in [0.2, 0.25) is 0 Å². The lowest BCUT2D eigenvalue weighted by atomic mass is 9.69. The third-order valence-corrected chi connectivity index (χ3v) is 3.85. The fourth-order valence-corrected chi connectivity index (χ4v) is 2.75. The van der Waals surface area contributed by atoms with Gasteiger partial charge in [-0.2, -0.15) is 0 Å². The maximum Gasteiger partial charge on any atom is 0.323 e. The third kappa shape index (κ3) is 3.95. The highest BCUT2D eigenvalue weighted by Gasteiger charge is 2.50. The predicted molar refractivity (Wildman–Crippen MR) is 72.8 cm³/mol. The molecule has 110 valence electrons. The summed E-state index contributed by atoms with van der Waals surface area (Å²) >= 11 is 0. The van der Waals surface area contributed by atoms with Gasteiger partial charge in [0.05, 0.1) is 0 Å². The first-order valence-electron chi connectivity index (χ1n) is 7.18. The smallest absolute Gasteiger partial charge is 0.323 e. The Bertz CT molecular complexity index is 333. The molecular formula is C15H26O4. The van der Waals surface area contributed by atoms with Crippen LogP contribution in [-0.4, -0.2) is 22.6 Å². The van der Waals surface area contributed by atoms with E-state index in [1.54, 1.807) is 20.8 Å². The van der Waals surface area contributed by atoms with Crippen molar-refractivity contribution < 1.29 is 19.4 Å². The largest absolute Gasteiger partial charge is 0.480 e. The standard InChI is InChI=1S/C15H26O4/c1-5-6-11-7-9-15(10-8-11,12(16)17)13(18)19-14(2,3)4/h11H,5-10H2,1-4H3,(H,16,17). The van der Waals surface area contributed by atoms with E-state index in [4.69, 9.17) is 4.74 Å². The number of hydrogen-bond donors (Lipinski definition) is 1. The molecule has 0 saturated heterocycles. The molecule has 4 heteroatoms. The second kappa shape index (κ2) is 5.93. The molecule has 0 heterocycles. The molecule has 4 nitrogen and oxygen atoms in total. The van der Waals surface area contributed by atoms with Gasteiger partial charge in [-0.25, -0.2) is 0 Å². The molecule has 1 N–H and O–H groups in total. The van der Waals surface area contributed by atoms with Crippen LogP contribution in [0.4, 0.5) is 0 Å². The van der Waals surface area contributed by atoms with Gasteiger partial charge in [0.2, 0.25) is 0 Å². The van der Waals surface area contributed by atoms with Gasteiger partial charge in [-0.05, 0) is 52.4 Å². The van der Waals surface area contributed by atoms with E-state index >= 15 is 0 Å². The topological polar surface area (TPSA) is 63.6 Å². The van der Waals surface area contributed by atoms with Crippen LogP contribution in [0.15, 0.2) is 0 Å². The summed E-state index contributed by atoms with van der Waals surface area (Å²) < 4.78 is 5.32. The van der Waals surface area contributed by atoms with Gasteiger partial charge in [-0.3, -0.25) is 9.59 Å². The lowest BCUT2D eigenvalue weighted by molar-refractivity contribution is -0.180. The lowest BCUT2D eigenvalue weighted by Gasteiger charge is -2.36. The fraction of sp³-hybridized carbons (Fsp3) is 0.867. The minimum atomic E-state index is -1.32. The molecule has 0 aromatic heterocycles. The first kappa shape index (κ1) is 16.0. The van der Waals surface area contributed by atoms with Gasteiger partial charge in [0.15, 0.2) is 5.41 Å². The minimum Gasteiger partial charge on any atom is -0.480 e. The molecule has 0 aromatic rings. The zero-order valence-electron chi connectivity index (χ0n) is 12.5. The van der Waals surface area contributed by atoms with Crippen molar-refractivity contribution in [2.45, 2.75) is 71.8 Å². The quantitative estimate of drug-likeness (QED) is 0.628. The number of aliphatic carboxylic acids is 1. The molecule has 0 bridgehead atoms. The lowest BCUT2D eigenvalue weighted by Crippen LogP contribution is -2.46. The van der Waals surface area contributed by atoms with E-state index < -0.39 is 23.0 Å². The van der Waals surface area contributed by atoms with E-state index in [-0.39, 0.29) is 0 Å². The monoisotopic (exact) mass is 270 g/mol. The molecule has 0 atom stereocenters. The molecule has 1 fully saturated rings. The van der Waals surface area contributed by atoms with Crippen LogP contribution >= 0.6 is 0 Å². The van der Waals surface area contributed by atoms with E-state index in [9.17, 15) is 14.7 Å². The Morgan fingerprint density at radius 3 is 2.16 bits per heavy atom. The van der Waals surface area contributed by atoms with Gasteiger partial charge >= 0.3 is 11.9 Å². The van der Waals surface area contributed by atoms with Gasteiger partial charge in [0.1, 0.15) is 5.60 Å². The van der Waals surface area contributed by atoms with E-state index in [1.165, 1.54) is 0 Å². The summed E-state index contributed by atoms with van der Waals surface area (Å²) in [6.07, 6.45) is 4.64. The van der Waals surface area contributed by atoms with Crippen molar-refractivity contribution in [2.75, 3.05) is 0 Å². The number of ether oxygens (including phenoxy) is 1. The number of carbonyl (C=O) groups excluding carboxylic acids is 1. The Balaban J connectivity index is 2.78. The van der Waals surface area contributed by atoms with Crippen LogP contribution in [-0.2, 0) is 14.3 Å². The Morgan fingerprint density at radius 2 is 1.79 bits per heavy atom. The SMILES string of the molecule is CCCC1CCC(C(=O)O)(C(=O)OC(C)(C)C)CC1. The molecule has 0 spiro atoms. The van der Waals surface area contributed by atoms with Gasteiger partial charge in [-0.1, -0.05) is 19.8 Å². The number of esters is 1. The summed E-state index contributed by atoms with van der Waals surface area (Å²) in [6, 6.07) is 0. The molecule has 0 aliphatic heterocycles. The van der Waals surface area contributed by atoms with Gasteiger partial charge in [0, 0.05) is 0 Å². The molecule has 1 aliphatic rings. The summed E-state index contributed by atoms with van der Waals surface area (Å²) in [7, 11) is 0. The van der Waals surface area contributed by atoms with Crippen molar-refractivity contribution in [3.05, 3.63) is 0 Å². The highest BCUT2D eigenvalue weighted by Crippen LogP contribution is 2.42.